The maximum Gasteiger partial charge on any atom is 0.319 e. The van der Waals surface area contributed by atoms with Gasteiger partial charge in [-0.2, -0.15) is 0 Å². The molecule has 4 nitrogen and oxygen atoms in total. The summed E-state index contributed by atoms with van der Waals surface area (Å²) < 4.78 is 0. The Morgan fingerprint density at radius 1 is 1.64 bits per heavy atom. The van der Waals surface area contributed by atoms with Crippen LogP contribution in [0.2, 0.25) is 5.15 Å². The highest BCUT2D eigenvalue weighted by molar-refractivity contribution is 6.29. The minimum absolute atomic E-state index is 0.308. The van der Waals surface area contributed by atoms with Gasteiger partial charge in [0.25, 0.3) is 0 Å². The first-order valence-electron chi connectivity index (χ1n) is 3.89. The van der Waals surface area contributed by atoms with Crippen LogP contribution in [0, 0.1) is 0 Å². The van der Waals surface area contributed by atoms with Crippen molar-refractivity contribution in [3.63, 3.8) is 0 Å². The average molecular weight is 234 g/mol. The number of aromatic nitrogens is 1. The third-order valence-electron chi connectivity index (χ3n) is 1.60. The number of primary amides is 1. The minimum atomic E-state index is -0.562. The Morgan fingerprint density at radius 3 is 2.86 bits per heavy atom. The Hall–Kier alpha value is -1.00. The van der Waals surface area contributed by atoms with Crippen molar-refractivity contribution in [3.8, 4) is 0 Å². The smallest absolute Gasteiger partial charge is 0.319 e. The van der Waals surface area contributed by atoms with Gasteiger partial charge in [0.1, 0.15) is 5.15 Å². The summed E-state index contributed by atoms with van der Waals surface area (Å²) in [5.41, 5.74) is 5.77. The van der Waals surface area contributed by atoms with Crippen LogP contribution >= 0.6 is 23.2 Å². The summed E-state index contributed by atoms with van der Waals surface area (Å²) in [7, 11) is 0. The van der Waals surface area contributed by atoms with E-state index in [0.29, 0.717) is 23.3 Å². The first-order chi connectivity index (χ1) is 6.65. The van der Waals surface area contributed by atoms with Crippen LogP contribution in [0.1, 0.15) is 0 Å². The zero-order valence-corrected chi connectivity index (χ0v) is 8.79. The highest BCUT2D eigenvalue weighted by Gasteiger charge is 2.11. The number of amides is 2. The third kappa shape index (κ3) is 2.75. The van der Waals surface area contributed by atoms with Gasteiger partial charge < -0.3 is 5.73 Å². The monoisotopic (exact) mass is 233 g/mol. The van der Waals surface area contributed by atoms with Gasteiger partial charge in [-0.1, -0.05) is 11.6 Å². The van der Waals surface area contributed by atoms with Gasteiger partial charge in [-0.15, -0.1) is 11.6 Å². The topological polar surface area (TPSA) is 59.2 Å². The molecule has 0 unspecified atom stereocenters. The Labute approximate surface area is 91.6 Å². The van der Waals surface area contributed by atoms with Crippen molar-refractivity contribution in [3.05, 3.63) is 23.5 Å². The van der Waals surface area contributed by atoms with Crippen LogP contribution in [-0.4, -0.2) is 23.4 Å². The molecule has 14 heavy (non-hydrogen) atoms. The van der Waals surface area contributed by atoms with Crippen molar-refractivity contribution in [1.29, 1.82) is 0 Å². The fourth-order valence-electron chi connectivity index (χ4n) is 1.01. The third-order valence-corrected chi connectivity index (χ3v) is 1.97. The van der Waals surface area contributed by atoms with Gasteiger partial charge >= 0.3 is 6.03 Å². The molecule has 0 bridgehead atoms. The normalized spacial score (nSPS) is 9.86. The molecular formula is C8H9Cl2N3O. The van der Waals surface area contributed by atoms with Gasteiger partial charge in [-0.25, -0.2) is 9.78 Å². The molecule has 1 aromatic rings. The second-order valence-corrected chi connectivity index (χ2v) is 3.28. The molecule has 0 saturated heterocycles. The van der Waals surface area contributed by atoms with Crippen LogP contribution < -0.4 is 10.6 Å². The molecule has 0 aromatic carbocycles. The van der Waals surface area contributed by atoms with Gasteiger partial charge in [-0.3, -0.25) is 4.90 Å². The summed E-state index contributed by atoms with van der Waals surface area (Å²) in [6.07, 6.45) is 1.50. The lowest BCUT2D eigenvalue weighted by atomic mass is 10.3. The number of alkyl halides is 1. The molecule has 0 radical (unpaired) electrons. The van der Waals surface area contributed by atoms with Crippen molar-refractivity contribution in [2.75, 3.05) is 17.3 Å². The molecule has 0 fully saturated rings. The van der Waals surface area contributed by atoms with E-state index >= 15 is 0 Å². The van der Waals surface area contributed by atoms with E-state index < -0.39 is 6.03 Å². The van der Waals surface area contributed by atoms with E-state index in [1.807, 2.05) is 0 Å². The standard InChI is InChI=1S/C8H9Cl2N3O/c9-2-4-13(8(11)14)6-1-3-12-7(10)5-6/h1,3,5H,2,4H2,(H2,11,14). The van der Waals surface area contributed by atoms with Gasteiger partial charge in [0.15, 0.2) is 0 Å². The number of hydrogen-bond donors (Lipinski definition) is 1. The van der Waals surface area contributed by atoms with Crippen molar-refractivity contribution in [2.45, 2.75) is 0 Å². The summed E-state index contributed by atoms with van der Waals surface area (Å²) in [6.45, 7) is 0.344. The molecule has 2 N–H and O–H groups in total. The summed E-state index contributed by atoms with van der Waals surface area (Å²) in [5, 5.41) is 0.309. The van der Waals surface area contributed by atoms with Gasteiger partial charge in [0.2, 0.25) is 0 Å². The maximum absolute atomic E-state index is 11.0. The molecule has 76 valence electrons. The Morgan fingerprint density at radius 2 is 2.36 bits per heavy atom. The lowest BCUT2D eigenvalue weighted by Crippen LogP contribution is -2.37. The zero-order valence-electron chi connectivity index (χ0n) is 7.28. The van der Waals surface area contributed by atoms with Gasteiger partial charge in [-0.05, 0) is 12.1 Å². The number of pyridine rings is 1. The van der Waals surface area contributed by atoms with Crippen LogP contribution in [0.25, 0.3) is 0 Å². The summed E-state index contributed by atoms with van der Waals surface area (Å²) in [4.78, 5) is 16.2. The summed E-state index contributed by atoms with van der Waals surface area (Å²) >= 11 is 11.2. The van der Waals surface area contributed by atoms with Crippen molar-refractivity contribution >= 4 is 34.9 Å². The summed E-state index contributed by atoms with van der Waals surface area (Å²) in [5.74, 6) is 0.308. The van der Waals surface area contributed by atoms with Gasteiger partial charge in [0.05, 0.1) is 5.69 Å². The number of nitrogens with zero attached hydrogens (tertiary/aromatic N) is 2. The lowest BCUT2D eigenvalue weighted by molar-refractivity contribution is 0.254. The summed E-state index contributed by atoms with van der Waals surface area (Å²) in [6, 6.07) is 2.63. The largest absolute Gasteiger partial charge is 0.351 e. The van der Waals surface area contributed by atoms with Crippen LogP contribution in [0.4, 0.5) is 10.5 Å². The van der Waals surface area contributed by atoms with Gasteiger partial charge in [0, 0.05) is 18.6 Å². The molecule has 0 spiro atoms. The molecule has 0 aliphatic carbocycles. The van der Waals surface area contributed by atoms with Crippen LogP contribution in [0.3, 0.4) is 0 Å². The number of nitrogens with two attached hydrogens (primary N) is 1. The molecule has 0 atom stereocenters. The number of carbonyl (C=O) groups excluding carboxylic acids is 1. The quantitative estimate of drug-likeness (QED) is 0.640. The minimum Gasteiger partial charge on any atom is -0.351 e. The number of carbonyl (C=O) groups is 1. The molecule has 0 saturated carbocycles. The number of rotatable bonds is 3. The van der Waals surface area contributed by atoms with E-state index in [1.165, 1.54) is 11.1 Å². The van der Waals surface area contributed by atoms with Crippen molar-refractivity contribution < 1.29 is 4.79 Å². The fourth-order valence-corrected chi connectivity index (χ4v) is 1.35. The zero-order chi connectivity index (χ0) is 10.6. The van der Waals surface area contributed by atoms with E-state index in [0.717, 1.165) is 0 Å². The first-order valence-corrected chi connectivity index (χ1v) is 4.81. The molecule has 1 aromatic heterocycles. The molecule has 2 amide bonds. The highest BCUT2D eigenvalue weighted by Crippen LogP contribution is 2.16. The molecule has 1 heterocycles. The SMILES string of the molecule is NC(=O)N(CCCl)c1ccnc(Cl)c1. The Kier molecular flexibility index (Phi) is 3.98. The van der Waals surface area contributed by atoms with E-state index in [4.69, 9.17) is 28.9 Å². The predicted molar refractivity (Wildman–Crippen MR) is 56.9 cm³/mol. The lowest BCUT2D eigenvalue weighted by Gasteiger charge is -2.18. The number of hydrogen-bond acceptors (Lipinski definition) is 2. The molecule has 6 heteroatoms. The second kappa shape index (κ2) is 5.02. The molecule has 0 aliphatic heterocycles. The molecular weight excluding hydrogens is 225 g/mol. The average Bonchev–Trinajstić information content (AvgIpc) is 2.13. The second-order valence-electron chi connectivity index (χ2n) is 2.52. The number of anilines is 1. The van der Waals surface area contributed by atoms with E-state index in [1.54, 1.807) is 12.1 Å². The van der Waals surface area contributed by atoms with E-state index in [2.05, 4.69) is 4.98 Å². The van der Waals surface area contributed by atoms with E-state index in [9.17, 15) is 4.79 Å². The van der Waals surface area contributed by atoms with Crippen LogP contribution in [0.5, 0.6) is 0 Å². The first kappa shape index (κ1) is 11.1. The predicted octanol–water partition coefficient (Wildman–Crippen LogP) is 1.86. The fraction of sp³-hybridized carbons (Fsp3) is 0.250. The molecule has 1 rings (SSSR count). The Bertz CT molecular complexity index is 332. The van der Waals surface area contributed by atoms with Crippen molar-refractivity contribution in [2.24, 2.45) is 5.73 Å². The Balaban J connectivity index is 2.93. The molecule has 0 aliphatic rings. The van der Waals surface area contributed by atoms with Crippen LogP contribution in [-0.2, 0) is 0 Å². The maximum atomic E-state index is 11.0. The van der Waals surface area contributed by atoms with E-state index in [-0.39, 0.29) is 0 Å². The number of halogens is 2. The van der Waals surface area contributed by atoms with Crippen LogP contribution in [0.15, 0.2) is 18.3 Å². The highest BCUT2D eigenvalue weighted by atomic mass is 35.5. The van der Waals surface area contributed by atoms with Crippen molar-refractivity contribution in [1.82, 2.24) is 4.98 Å². The number of urea groups is 1.